The Kier molecular flexibility index (Phi) is 12.3. The molecule has 1 heterocycles. The lowest BCUT2D eigenvalue weighted by Gasteiger charge is -2.37. The molecule has 1 fully saturated rings. The largest absolute Gasteiger partial charge is 0.493 e. The van der Waals surface area contributed by atoms with Crippen molar-refractivity contribution < 1.29 is 14.6 Å². The number of halogens is 1. The predicted octanol–water partition coefficient (Wildman–Crippen LogP) is 2.42. The molecule has 0 amide bonds. The van der Waals surface area contributed by atoms with Gasteiger partial charge in [0.15, 0.2) is 17.5 Å². The first kappa shape index (κ1) is 25.8. The molecule has 0 saturated carbocycles. The maximum Gasteiger partial charge on any atom is 0.194 e. The Labute approximate surface area is 192 Å². The summed E-state index contributed by atoms with van der Waals surface area (Å²) in [4.78, 5) is 9.71. The first-order valence-electron chi connectivity index (χ1n) is 10.2. The number of hydrogen-bond donors (Lipinski definition) is 2. The van der Waals surface area contributed by atoms with Crippen LogP contribution < -0.4 is 14.8 Å². The summed E-state index contributed by atoms with van der Waals surface area (Å²) in [6, 6.07) is 5.81. The fraction of sp³-hybridized carbons (Fsp3) is 0.667. The van der Waals surface area contributed by atoms with Crippen molar-refractivity contribution in [1.29, 1.82) is 0 Å². The molecule has 0 aromatic heterocycles. The summed E-state index contributed by atoms with van der Waals surface area (Å²) in [6.07, 6.45) is 0. The van der Waals surface area contributed by atoms with E-state index in [9.17, 15) is 0 Å². The van der Waals surface area contributed by atoms with Gasteiger partial charge in [-0.25, -0.2) is 4.99 Å². The molecule has 0 bridgehead atoms. The van der Waals surface area contributed by atoms with Crippen LogP contribution in [0.2, 0.25) is 0 Å². The number of aliphatic imine (C=N–C) groups is 1. The number of benzene rings is 1. The third-order valence-electron chi connectivity index (χ3n) is 4.62. The van der Waals surface area contributed by atoms with Crippen molar-refractivity contribution in [2.45, 2.75) is 27.3 Å². The van der Waals surface area contributed by atoms with Gasteiger partial charge in [-0.3, -0.25) is 4.90 Å². The monoisotopic (exact) mass is 520 g/mol. The zero-order valence-electron chi connectivity index (χ0n) is 18.2. The van der Waals surface area contributed by atoms with E-state index in [0.717, 1.165) is 50.8 Å². The Bertz CT molecular complexity index is 620. The Morgan fingerprint density at radius 3 is 2.52 bits per heavy atom. The molecule has 7 nitrogen and oxygen atoms in total. The fourth-order valence-corrected chi connectivity index (χ4v) is 3.34. The van der Waals surface area contributed by atoms with E-state index in [4.69, 9.17) is 19.6 Å². The minimum atomic E-state index is -0.0221. The van der Waals surface area contributed by atoms with E-state index in [1.54, 1.807) is 7.11 Å². The number of nitrogens with zero attached hydrogens (tertiary/aromatic N) is 3. The van der Waals surface area contributed by atoms with E-state index in [2.05, 4.69) is 35.9 Å². The van der Waals surface area contributed by atoms with Crippen LogP contribution in [0.4, 0.5) is 0 Å². The summed E-state index contributed by atoms with van der Waals surface area (Å²) >= 11 is 0. The maximum atomic E-state index is 8.93. The third-order valence-corrected chi connectivity index (χ3v) is 4.62. The van der Waals surface area contributed by atoms with Crippen LogP contribution >= 0.6 is 24.0 Å². The lowest BCUT2D eigenvalue weighted by molar-refractivity contribution is 0.164. The summed E-state index contributed by atoms with van der Waals surface area (Å²) in [5, 5.41) is 12.3. The molecule has 1 aromatic carbocycles. The van der Waals surface area contributed by atoms with E-state index in [1.165, 1.54) is 0 Å². The number of hydrogen-bond acceptors (Lipinski definition) is 5. The van der Waals surface area contributed by atoms with Crippen LogP contribution in [0.15, 0.2) is 23.2 Å². The molecule has 1 aliphatic rings. The van der Waals surface area contributed by atoms with Gasteiger partial charge in [-0.2, -0.15) is 0 Å². The highest BCUT2D eigenvalue weighted by molar-refractivity contribution is 14.0. The highest BCUT2D eigenvalue weighted by Crippen LogP contribution is 2.28. The molecule has 1 aliphatic heterocycles. The molecular weight excluding hydrogens is 483 g/mol. The van der Waals surface area contributed by atoms with E-state index in [-0.39, 0.29) is 37.2 Å². The van der Waals surface area contributed by atoms with Crippen LogP contribution in [-0.4, -0.2) is 80.5 Å². The minimum Gasteiger partial charge on any atom is -0.493 e. The topological polar surface area (TPSA) is 69.6 Å². The predicted molar refractivity (Wildman–Crippen MR) is 129 cm³/mol. The number of rotatable bonds is 9. The van der Waals surface area contributed by atoms with Crippen LogP contribution in [0.3, 0.4) is 0 Å². The molecule has 2 rings (SSSR count). The number of guanidine groups is 1. The standard InChI is InChI=1S/C21H36N4O3.HI/c1-5-22-21(25-10-8-24(9-11-25)16-17(2)3)23-15-18-6-7-19(28-13-12-26)20(14-18)27-4;/h6-7,14,17,26H,5,8-13,15-16H2,1-4H3,(H,22,23);1H. The van der Waals surface area contributed by atoms with Gasteiger partial charge in [0, 0.05) is 39.3 Å². The molecule has 166 valence electrons. The number of nitrogens with one attached hydrogen (secondary N) is 1. The van der Waals surface area contributed by atoms with Crippen molar-refractivity contribution in [2.24, 2.45) is 10.9 Å². The molecule has 1 aromatic rings. The minimum absolute atomic E-state index is 0. The quantitative estimate of drug-likeness (QED) is 0.296. The van der Waals surface area contributed by atoms with E-state index >= 15 is 0 Å². The van der Waals surface area contributed by atoms with Gasteiger partial charge in [0.25, 0.3) is 0 Å². The van der Waals surface area contributed by atoms with E-state index in [0.29, 0.717) is 24.0 Å². The Morgan fingerprint density at radius 2 is 1.93 bits per heavy atom. The van der Waals surface area contributed by atoms with Gasteiger partial charge in [0.2, 0.25) is 0 Å². The van der Waals surface area contributed by atoms with Crippen molar-refractivity contribution in [3.8, 4) is 11.5 Å². The van der Waals surface area contributed by atoms with Gasteiger partial charge in [-0.15, -0.1) is 24.0 Å². The van der Waals surface area contributed by atoms with Crippen LogP contribution in [0.25, 0.3) is 0 Å². The summed E-state index contributed by atoms with van der Waals surface area (Å²) in [5.74, 6) is 2.96. The van der Waals surface area contributed by atoms with Crippen LogP contribution in [-0.2, 0) is 6.54 Å². The van der Waals surface area contributed by atoms with Crippen molar-refractivity contribution >= 4 is 29.9 Å². The van der Waals surface area contributed by atoms with E-state index < -0.39 is 0 Å². The van der Waals surface area contributed by atoms with Crippen molar-refractivity contribution in [1.82, 2.24) is 15.1 Å². The Morgan fingerprint density at radius 1 is 1.21 bits per heavy atom. The number of methoxy groups -OCH3 is 1. The van der Waals surface area contributed by atoms with Gasteiger partial charge in [0.1, 0.15) is 6.61 Å². The second-order valence-electron chi connectivity index (χ2n) is 7.41. The molecule has 0 unspecified atom stereocenters. The first-order chi connectivity index (χ1) is 13.6. The lowest BCUT2D eigenvalue weighted by atomic mass is 10.2. The second kappa shape index (κ2) is 13.9. The van der Waals surface area contributed by atoms with Gasteiger partial charge >= 0.3 is 0 Å². The number of ether oxygens (including phenoxy) is 2. The Balaban J connectivity index is 0.00000420. The lowest BCUT2D eigenvalue weighted by Crippen LogP contribution is -2.53. The van der Waals surface area contributed by atoms with Crippen LogP contribution in [0, 0.1) is 5.92 Å². The molecule has 29 heavy (non-hydrogen) atoms. The smallest absolute Gasteiger partial charge is 0.194 e. The zero-order valence-corrected chi connectivity index (χ0v) is 20.5. The average Bonchev–Trinajstić information content (AvgIpc) is 2.70. The summed E-state index contributed by atoms with van der Waals surface area (Å²) in [5.41, 5.74) is 1.06. The molecule has 8 heteroatoms. The molecular formula is C21H37IN4O3. The zero-order chi connectivity index (χ0) is 20.4. The molecule has 0 atom stereocenters. The van der Waals surface area contributed by atoms with E-state index in [1.807, 2.05) is 18.2 Å². The van der Waals surface area contributed by atoms with Crippen LogP contribution in [0.5, 0.6) is 11.5 Å². The first-order valence-corrected chi connectivity index (χ1v) is 10.2. The van der Waals surface area contributed by atoms with Crippen LogP contribution in [0.1, 0.15) is 26.3 Å². The molecule has 1 saturated heterocycles. The van der Waals surface area contributed by atoms with Crippen molar-refractivity contribution in [2.75, 3.05) is 59.6 Å². The number of aliphatic hydroxyl groups excluding tert-OH is 1. The van der Waals surface area contributed by atoms with Gasteiger partial charge in [0.05, 0.1) is 20.3 Å². The SMILES string of the molecule is CCNC(=NCc1ccc(OCCO)c(OC)c1)N1CCN(CC(C)C)CC1.I. The summed E-state index contributed by atoms with van der Waals surface area (Å²) in [7, 11) is 1.62. The molecule has 2 N–H and O–H groups in total. The highest BCUT2D eigenvalue weighted by atomic mass is 127. The summed E-state index contributed by atoms with van der Waals surface area (Å²) in [6.45, 7) is 13.6. The molecule has 0 spiro atoms. The number of aliphatic hydroxyl groups is 1. The normalized spacial score (nSPS) is 15.2. The average molecular weight is 520 g/mol. The van der Waals surface area contributed by atoms with Gasteiger partial charge in [-0.05, 0) is 30.5 Å². The maximum absolute atomic E-state index is 8.93. The van der Waals surface area contributed by atoms with Gasteiger partial charge < -0.3 is 24.8 Å². The fourth-order valence-electron chi connectivity index (χ4n) is 3.34. The molecule has 0 aliphatic carbocycles. The molecule has 0 radical (unpaired) electrons. The summed E-state index contributed by atoms with van der Waals surface area (Å²) < 4.78 is 10.9. The third kappa shape index (κ3) is 8.55. The van der Waals surface area contributed by atoms with Crippen molar-refractivity contribution in [3.63, 3.8) is 0 Å². The Hall–Kier alpha value is -1.26. The second-order valence-corrected chi connectivity index (χ2v) is 7.41. The van der Waals surface area contributed by atoms with Crippen molar-refractivity contribution in [3.05, 3.63) is 23.8 Å². The highest BCUT2D eigenvalue weighted by Gasteiger charge is 2.20. The van der Waals surface area contributed by atoms with Gasteiger partial charge in [-0.1, -0.05) is 19.9 Å². The number of piperazine rings is 1.